The Morgan fingerprint density at radius 1 is 1.32 bits per heavy atom. The molecule has 0 spiro atoms. The van der Waals surface area contributed by atoms with Crippen LogP contribution in [0, 0.1) is 0 Å². The third-order valence-electron chi connectivity index (χ3n) is 3.88. The molecule has 0 saturated heterocycles. The van der Waals surface area contributed by atoms with Crippen LogP contribution in [0.25, 0.3) is 0 Å². The van der Waals surface area contributed by atoms with Crippen molar-refractivity contribution in [2.45, 2.75) is 50.5 Å². The molecule has 3 nitrogen and oxygen atoms in total. The number of carboxylic acid groups (broad SMARTS) is 1. The predicted molar refractivity (Wildman–Crippen MR) is 78.5 cm³/mol. The third-order valence-corrected chi connectivity index (χ3v) is 5.67. The van der Waals surface area contributed by atoms with Crippen molar-refractivity contribution in [3.05, 3.63) is 34.9 Å². The Hall–Kier alpha value is -1.13. The molecular weight excluding hydrogens is 256 g/mol. The van der Waals surface area contributed by atoms with Gasteiger partial charge in [-0.25, -0.2) is 4.79 Å². The maximum absolute atomic E-state index is 11.0. The van der Waals surface area contributed by atoms with E-state index in [0.29, 0.717) is 5.92 Å². The maximum Gasteiger partial charge on any atom is 0.335 e. The van der Waals surface area contributed by atoms with Crippen LogP contribution in [0.3, 0.4) is 0 Å². The summed E-state index contributed by atoms with van der Waals surface area (Å²) in [5.74, 6) is -0.542. The molecule has 19 heavy (non-hydrogen) atoms. The van der Waals surface area contributed by atoms with Crippen molar-refractivity contribution < 1.29 is 15.0 Å². The van der Waals surface area contributed by atoms with Gasteiger partial charge in [-0.2, -0.15) is 0 Å². The molecule has 4 heteroatoms. The van der Waals surface area contributed by atoms with Crippen LogP contribution in [0.1, 0.15) is 46.3 Å². The minimum atomic E-state index is -1.07. The van der Waals surface area contributed by atoms with E-state index >= 15 is 0 Å². The first-order valence-electron chi connectivity index (χ1n) is 6.83. The summed E-state index contributed by atoms with van der Waals surface area (Å²) in [6.07, 6.45) is 1.34. The monoisotopic (exact) mass is 278 g/mol. The molecular formula is C15H22O3Si. The summed E-state index contributed by atoms with van der Waals surface area (Å²) < 4.78 is 0. The molecule has 0 radical (unpaired) electrons. The normalized spacial score (nSPS) is 22.3. The zero-order valence-electron chi connectivity index (χ0n) is 11.8. The Bertz CT molecular complexity index is 491. The number of benzene rings is 1. The molecule has 0 bridgehead atoms. The lowest BCUT2D eigenvalue weighted by Gasteiger charge is -2.19. The Balaban J connectivity index is 2.20. The zero-order valence-corrected chi connectivity index (χ0v) is 12.8. The highest BCUT2D eigenvalue weighted by Gasteiger charge is 2.31. The van der Waals surface area contributed by atoms with Gasteiger partial charge in [0.2, 0.25) is 0 Å². The van der Waals surface area contributed by atoms with Crippen molar-refractivity contribution in [1.29, 1.82) is 0 Å². The van der Waals surface area contributed by atoms with E-state index in [-0.39, 0.29) is 5.56 Å². The Kier molecular flexibility index (Phi) is 3.83. The van der Waals surface area contributed by atoms with E-state index in [1.807, 2.05) is 6.07 Å². The predicted octanol–water partition coefficient (Wildman–Crippen LogP) is 3.63. The molecule has 104 valence electrons. The molecule has 1 aliphatic rings. The molecule has 1 aromatic carbocycles. The van der Waals surface area contributed by atoms with Gasteiger partial charge >= 0.3 is 5.97 Å². The Labute approximate surface area is 115 Å². The first-order chi connectivity index (χ1) is 8.78. The van der Waals surface area contributed by atoms with Gasteiger partial charge in [-0.05, 0) is 42.0 Å². The number of hydrogen-bond donors (Lipinski definition) is 2. The van der Waals surface area contributed by atoms with Gasteiger partial charge in [-0.3, -0.25) is 0 Å². The van der Waals surface area contributed by atoms with Crippen LogP contribution in [0.5, 0.6) is 0 Å². The van der Waals surface area contributed by atoms with Crippen molar-refractivity contribution in [2.75, 3.05) is 0 Å². The number of hydrogen-bond acceptors (Lipinski definition) is 2. The number of aromatic carboxylic acids is 1. The van der Waals surface area contributed by atoms with Gasteiger partial charge < -0.3 is 10.2 Å². The fraction of sp³-hybridized carbons (Fsp3) is 0.533. The van der Waals surface area contributed by atoms with Crippen LogP contribution in [0.4, 0.5) is 0 Å². The smallest absolute Gasteiger partial charge is 0.335 e. The molecule has 1 unspecified atom stereocenters. The summed E-state index contributed by atoms with van der Waals surface area (Å²) >= 11 is 0. The van der Waals surface area contributed by atoms with Crippen LogP contribution < -0.4 is 0 Å². The summed E-state index contributed by atoms with van der Waals surface area (Å²) in [5.41, 5.74) is 2.24. The van der Waals surface area contributed by atoms with E-state index in [1.165, 1.54) is 6.04 Å². The van der Waals surface area contributed by atoms with Gasteiger partial charge in [-0.1, -0.05) is 31.8 Å². The minimum Gasteiger partial charge on any atom is -0.478 e. The molecule has 0 aliphatic heterocycles. The van der Waals surface area contributed by atoms with Crippen LogP contribution in [-0.2, 0) is 0 Å². The zero-order chi connectivity index (χ0) is 14.2. The summed E-state index contributed by atoms with van der Waals surface area (Å²) in [5, 5.41) is 19.1. The second-order valence-electron chi connectivity index (χ2n) is 6.70. The summed E-state index contributed by atoms with van der Waals surface area (Å²) in [7, 11) is -1.07. The van der Waals surface area contributed by atoms with Gasteiger partial charge in [0.15, 0.2) is 0 Å². The van der Waals surface area contributed by atoms with Crippen molar-refractivity contribution in [3.63, 3.8) is 0 Å². The van der Waals surface area contributed by atoms with Crippen molar-refractivity contribution in [3.8, 4) is 0 Å². The summed E-state index contributed by atoms with van der Waals surface area (Å²) in [6, 6.07) is 6.42. The average molecular weight is 278 g/mol. The third kappa shape index (κ3) is 3.25. The van der Waals surface area contributed by atoms with Crippen LogP contribution in [0.2, 0.25) is 25.7 Å². The topological polar surface area (TPSA) is 57.5 Å². The molecule has 2 N–H and O–H groups in total. The van der Waals surface area contributed by atoms with Crippen molar-refractivity contribution in [2.24, 2.45) is 0 Å². The highest BCUT2D eigenvalue weighted by molar-refractivity contribution is 6.76. The van der Waals surface area contributed by atoms with E-state index in [4.69, 9.17) is 5.11 Å². The van der Waals surface area contributed by atoms with E-state index in [1.54, 1.807) is 12.1 Å². The number of rotatable bonds is 4. The molecule has 2 atom stereocenters. The lowest BCUT2D eigenvalue weighted by Crippen LogP contribution is -2.19. The molecule has 1 aliphatic carbocycles. The van der Waals surface area contributed by atoms with Gasteiger partial charge in [0.1, 0.15) is 0 Å². The van der Waals surface area contributed by atoms with Crippen molar-refractivity contribution in [1.82, 2.24) is 0 Å². The van der Waals surface area contributed by atoms with Gasteiger partial charge in [0.05, 0.1) is 11.7 Å². The average Bonchev–Trinajstić information content (AvgIpc) is 2.62. The second kappa shape index (κ2) is 5.10. The molecule has 0 heterocycles. The molecule has 1 aromatic rings. The lowest BCUT2D eigenvalue weighted by molar-refractivity contribution is 0.0696. The number of carboxylic acids is 1. The van der Waals surface area contributed by atoms with Crippen LogP contribution in [0.15, 0.2) is 18.2 Å². The molecule has 0 aromatic heterocycles. The standard InChI is InChI=1S/C15H22O3Si/c1-19(2,3)7-6-10-9-14(16)13-8-11(15(17)18)4-5-12(10)13/h4-5,8,10,14,16H,6-7,9H2,1-3H3,(H,17,18)/t10-,14?/m1/s1. The molecule has 0 amide bonds. The van der Waals surface area contributed by atoms with E-state index in [2.05, 4.69) is 19.6 Å². The van der Waals surface area contributed by atoms with E-state index < -0.39 is 20.1 Å². The number of aliphatic hydroxyl groups is 1. The van der Waals surface area contributed by atoms with E-state index in [0.717, 1.165) is 24.0 Å². The lowest BCUT2D eigenvalue weighted by atomic mass is 9.97. The first-order valence-corrected chi connectivity index (χ1v) is 10.5. The quantitative estimate of drug-likeness (QED) is 0.827. The van der Waals surface area contributed by atoms with Gasteiger partial charge in [0, 0.05) is 8.07 Å². The largest absolute Gasteiger partial charge is 0.478 e. The second-order valence-corrected chi connectivity index (χ2v) is 12.3. The number of fused-ring (bicyclic) bond motifs is 1. The van der Waals surface area contributed by atoms with Gasteiger partial charge in [-0.15, -0.1) is 0 Å². The van der Waals surface area contributed by atoms with E-state index in [9.17, 15) is 9.90 Å². The fourth-order valence-corrected chi connectivity index (χ4v) is 3.99. The van der Waals surface area contributed by atoms with Gasteiger partial charge in [0.25, 0.3) is 0 Å². The number of carbonyl (C=O) groups is 1. The van der Waals surface area contributed by atoms with Crippen LogP contribution >= 0.6 is 0 Å². The highest BCUT2D eigenvalue weighted by Crippen LogP contribution is 2.43. The highest BCUT2D eigenvalue weighted by atomic mass is 28.3. The van der Waals surface area contributed by atoms with Crippen LogP contribution in [-0.4, -0.2) is 24.3 Å². The molecule has 0 fully saturated rings. The summed E-state index contributed by atoms with van der Waals surface area (Å²) in [4.78, 5) is 11.0. The van der Waals surface area contributed by atoms with Crippen molar-refractivity contribution >= 4 is 14.0 Å². The molecule has 2 rings (SSSR count). The summed E-state index contributed by atoms with van der Waals surface area (Å²) in [6.45, 7) is 7.06. The maximum atomic E-state index is 11.0. The number of aliphatic hydroxyl groups excluding tert-OH is 1. The Morgan fingerprint density at radius 2 is 2.00 bits per heavy atom. The SMILES string of the molecule is C[Si](C)(C)CC[C@@H]1CC(O)c2cc(C(=O)O)ccc21. The minimum absolute atomic E-state index is 0.267. The Morgan fingerprint density at radius 3 is 2.58 bits per heavy atom. The molecule has 0 saturated carbocycles. The first kappa shape index (κ1) is 14.3. The fourth-order valence-electron chi connectivity index (χ4n) is 2.77.